The smallest absolute Gasteiger partial charge is 0.320 e. The SMILES string of the molecule is COC(=O)C(CCCN1C(=O)c2ccccc2C1=O)C(=O)OC. The molecule has 0 bridgehead atoms. The Labute approximate surface area is 133 Å². The molecule has 1 aliphatic heterocycles. The summed E-state index contributed by atoms with van der Waals surface area (Å²) < 4.78 is 9.13. The molecule has 0 radical (unpaired) electrons. The summed E-state index contributed by atoms with van der Waals surface area (Å²) in [5.74, 6) is -3.17. The summed E-state index contributed by atoms with van der Waals surface area (Å²) in [6, 6.07) is 6.58. The minimum absolute atomic E-state index is 0.122. The Morgan fingerprint density at radius 2 is 1.48 bits per heavy atom. The van der Waals surface area contributed by atoms with Crippen molar-refractivity contribution in [2.45, 2.75) is 12.8 Å². The second-order valence-electron chi connectivity index (χ2n) is 5.05. The van der Waals surface area contributed by atoms with Crippen molar-refractivity contribution in [2.24, 2.45) is 5.92 Å². The zero-order valence-electron chi connectivity index (χ0n) is 12.9. The average Bonchev–Trinajstić information content (AvgIpc) is 2.82. The van der Waals surface area contributed by atoms with Crippen LogP contribution < -0.4 is 0 Å². The summed E-state index contributed by atoms with van der Waals surface area (Å²) in [4.78, 5) is 48.6. The zero-order valence-corrected chi connectivity index (χ0v) is 12.9. The lowest BCUT2D eigenvalue weighted by Crippen LogP contribution is -2.32. The van der Waals surface area contributed by atoms with Crippen molar-refractivity contribution in [3.8, 4) is 0 Å². The fourth-order valence-corrected chi connectivity index (χ4v) is 2.51. The van der Waals surface area contributed by atoms with Crippen LogP contribution in [0.25, 0.3) is 0 Å². The Kier molecular flexibility index (Phi) is 5.10. The molecule has 0 aromatic heterocycles. The fraction of sp³-hybridized carbons (Fsp3) is 0.375. The molecular formula is C16H17NO6. The molecule has 0 aliphatic carbocycles. The van der Waals surface area contributed by atoms with E-state index in [1.165, 1.54) is 14.2 Å². The molecule has 0 unspecified atom stereocenters. The number of fused-ring (bicyclic) bond motifs is 1. The fourth-order valence-electron chi connectivity index (χ4n) is 2.51. The van der Waals surface area contributed by atoms with Gasteiger partial charge in [0.25, 0.3) is 11.8 Å². The monoisotopic (exact) mass is 319 g/mol. The highest BCUT2D eigenvalue weighted by Gasteiger charge is 2.35. The van der Waals surface area contributed by atoms with Crippen molar-refractivity contribution in [2.75, 3.05) is 20.8 Å². The highest BCUT2D eigenvalue weighted by atomic mass is 16.5. The van der Waals surface area contributed by atoms with E-state index >= 15 is 0 Å². The van der Waals surface area contributed by atoms with Crippen LogP contribution in [-0.2, 0) is 19.1 Å². The van der Waals surface area contributed by atoms with E-state index in [2.05, 4.69) is 9.47 Å². The molecular weight excluding hydrogens is 302 g/mol. The Morgan fingerprint density at radius 3 is 1.91 bits per heavy atom. The largest absolute Gasteiger partial charge is 0.468 e. The Bertz CT molecular complexity index is 603. The van der Waals surface area contributed by atoms with Gasteiger partial charge in [-0.15, -0.1) is 0 Å². The Morgan fingerprint density at radius 1 is 1.00 bits per heavy atom. The summed E-state index contributed by atoms with van der Waals surface area (Å²) in [6.45, 7) is 0.122. The number of carbonyl (C=O) groups excluding carboxylic acids is 4. The van der Waals surface area contributed by atoms with Crippen LogP contribution in [0.5, 0.6) is 0 Å². The minimum atomic E-state index is -1.06. The minimum Gasteiger partial charge on any atom is -0.468 e. The van der Waals surface area contributed by atoms with Crippen LogP contribution in [-0.4, -0.2) is 49.4 Å². The summed E-state index contributed by atoms with van der Waals surface area (Å²) >= 11 is 0. The van der Waals surface area contributed by atoms with Gasteiger partial charge in [-0.3, -0.25) is 24.1 Å². The molecule has 1 aromatic carbocycles. The molecule has 0 atom stereocenters. The van der Waals surface area contributed by atoms with Gasteiger partial charge < -0.3 is 9.47 Å². The molecule has 122 valence electrons. The first-order valence-corrected chi connectivity index (χ1v) is 7.12. The van der Waals surface area contributed by atoms with Gasteiger partial charge in [-0.05, 0) is 25.0 Å². The van der Waals surface area contributed by atoms with Crippen molar-refractivity contribution < 1.29 is 28.7 Å². The van der Waals surface area contributed by atoms with E-state index in [1.807, 2.05) is 0 Å². The van der Waals surface area contributed by atoms with Crippen LogP contribution in [0.1, 0.15) is 33.6 Å². The van der Waals surface area contributed by atoms with Gasteiger partial charge in [-0.25, -0.2) is 0 Å². The number of hydrogen-bond donors (Lipinski definition) is 0. The Balaban J connectivity index is 1.99. The summed E-state index contributed by atoms with van der Waals surface area (Å²) in [5, 5.41) is 0. The second-order valence-corrected chi connectivity index (χ2v) is 5.05. The number of hydrogen-bond acceptors (Lipinski definition) is 6. The molecule has 1 heterocycles. The van der Waals surface area contributed by atoms with Crippen molar-refractivity contribution in [3.05, 3.63) is 35.4 Å². The van der Waals surface area contributed by atoms with Gasteiger partial charge in [0.05, 0.1) is 25.3 Å². The normalized spacial score (nSPS) is 13.3. The number of imide groups is 1. The van der Waals surface area contributed by atoms with Crippen LogP contribution in [0.2, 0.25) is 0 Å². The van der Waals surface area contributed by atoms with E-state index in [9.17, 15) is 19.2 Å². The lowest BCUT2D eigenvalue weighted by Gasteiger charge is -2.16. The number of rotatable bonds is 6. The molecule has 0 N–H and O–H groups in total. The van der Waals surface area contributed by atoms with E-state index in [0.717, 1.165) is 4.90 Å². The number of amides is 2. The average molecular weight is 319 g/mol. The van der Waals surface area contributed by atoms with Crippen molar-refractivity contribution in [1.82, 2.24) is 4.90 Å². The molecule has 1 aromatic rings. The maximum absolute atomic E-state index is 12.2. The highest BCUT2D eigenvalue weighted by Crippen LogP contribution is 2.23. The first kappa shape index (κ1) is 16.7. The standard InChI is InChI=1S/C16H17NO6/c1-22-15(20)12(16(21)23-2)8-5-9-17-13(18)10-6-3-4-7-11(10)14(17)19/h3-4,6-7,12H,5,8-9H2,1-2H3. The maximum atomic E-state index is 12.2. The van der Waals surface area contributed by atoms with Gasteiger partial charge in [0.15, 0.2) is 5.92 Å². The predicted octanol–water partition coefficient (Wildman–Crippen LogP) is 1.02. The molecule has 0 spiro atoms. The lowest BCUT2D eigenvalue weighted by molar-refractivity contribution is -0.159. The van der Waals surface area contributed by atoms with Crippen molar-refractivity contribution in [1.29, 1.82) is 0 Å². The van der Waals surface area contributed by atoms with Crippen LogP contribution >= 0.6 is 0 Å². The summed E-state index contributed by atoms with van der Waals surface area (Å²) in [6.07, 6.45) is 0.424. The molecule has 1 aliphatic rings. The molecule has 2 rings (SSSR count). The molecule has 0 saturated carbocycles. The number of methoxy groups -OCH3 is 2. The van der Waals surface area contributed by atoms with Gasteiger partial charge in [0.2, 0.25) is 0 Å². The van der Waals surface area contributed by atoms with Gasteiger partial charge in [0.1, 0.15) is 0 Å². The van der Waals surface area contributed by atoms with E-state index in [0.29, 0.717) is 17.5 Å². The maximum Gasteiger partial charge on any atom is 0.320 e. The molecule has 0 fully saturated rings. The zero-order chi connectivity index (χ0) is 17.0. The summed E-state index contributed by atoms with van der Waals surface area (Å²) in [5.41, 5.74) is 0.741. The predicted molar refractivity (Wildman–Crippen MR) is 78.6 cm³/mol. The number of ether oxygens (including phenoxy) is 2. The van der Waals surface area contributed by atoms with Crippen LogP contribution in [0.3, 0.4) is 0 Å². The highest BCUT2D eigenvalue weighted by molar-refractivity contribution is 6.21. The van der Waals surface area contributed by atoms with E-state index in [1.54, 1.807) is 24.3 Å². The third kappa shape index (κ3) is 3.23. The van der Waals surface area contributed by atoms with E-state index in [-0.39, 0.29) is 24.8 Å². The first-order valence-electron chi connectivity index (χ1n) is 7.12. The third-order valence-corrected chi connectivity index (χ3v) is 3.72. The van der Waals surface area contributed by atoms with Crippen molar-refractivity contribution in [3.63, 3.8) is 0 Å². The van der Waals surface area contributed by atoms with Gasteiger partial charge >= 0.3 is 11.9 Å². The number of carbonyl (C=O) groups is 4. The van der Waals surface area contributed by atoms with Crippen LogP contribution in [0, 0.1) is 5.92 Å². The second kappa shape index (κ2) is 7.04. The van der Waals surface area contributed by atoms with Crippen molar-refractivity contribution >= 4 is 23.8 Å². The molecule has 23 heavy (non-hydrogen) atoms. The molecule has 7 heteroatoms. The molecule has 0 saturated heterocycles. The number of benzene rings is 1. The van der Waals surface area contributed by atoms with Gasteiger partial charge in [-0.1, -0.05) is 12.1 Å². The topological polar surface area (TPSA) is 90.0 Å². The first-order chi connectivity index (χ1) is 11.0. The van der Waals surface area contributed by atoms with Crippen LogP contribution in [0.15, 0.2) is 24.3 Å². The molecule has 2 amide bonds. The molecule has 7 nitrogen and oxygen atoms in total. The Hall–Kier alpha value is -2.70. The van der Waals surface area contributed by atoms with Gasteiger partial charge in [-0.2, -0.15) is 0 Å². The summed E-state index contributed by atoms with van der Waals surface area (Å²) in [7, 11) is 2.37. The van der Waals surface area contributed by atoms with E-state index in [4.69, 9.17) is 0 Å². The lowest BCUT2D eigenvalue weighted by atomic mass is 10.0. The third-order valence-electron chi connectivity index (χ3n) is 3.72. The number of nitrogens with zero attached hydrogens (tertiary/aromatic N) is 1. The number of esters is 2. The quantitative estimate of drug-likeness (QED) is 0.442. The van der Waals surface area contributed by atoms with Crippen LogP contribution in [0.4, 0.5) is 0 Å². The van der Waals surface area contributed by atoms with Gasteiger partial charge in [0, 0.05) is 6.54 Å². The van der Waals surface area contributed by atoms with E-state index < -0.39 is 17.9 Å².